The average Bonchev–Trinajstić information content (AvgIpc) is 2.91. The van der Waals surface area contributed by atoms with Crippen molar-refractivity contribution < 1.29 is 14.9 Å². The molecule has 2 bridgehead atoms. The number of fused-ring (bicyclic) bond motifs is 8. The molecule has 4 atom stereocenters. The van der Waals surface area contributed by atoms with Crippen molar-refractivity contribution in [1.82, 2.24) is 5.32 Å². The second kappa shape index (κ2) is 2.52. The van der Waals surface area contributed by atoms with Gasteiger partial charge >= 0.3 is 0 Å². The molecular weight excluding hydrogens is 204 g/mol. The van der Waals surface area contributed by atoms with Crippen LogP contribution in [-0.2, 0) is 9.59 Å². The highest BCUT2D eigenvalue weighted by atomic mass is 16.2. The van der Waals surface area contributed by atoms with E-state index in [1.165, 1.54) is 11.1 Å². The van der Waals surface area contributed by atoms with Crippen LogP contribution in [0.1, 0.15) is 23.2 Å². The molecule has 3 aliphatic rings. The lowest BCUT2D eigenvalue weighted by Gasteiger charge is -2.16. The predicted molar refractivity (Wildman–Crippen MR) is 54.0 cm³/mol. The second-order valence-electron chi connectivity index (χ2n) is 4.78. The van der Waals surface area contributed by atoms with Crippen LogP contribution in [0.2, 0.25) is 0 Å². The molecule has 4 heteroatoms. The molecule has 0 aliphatic carbocycles. The predicted octanol–water partition coefficient (Wildman–Crippen LogP) is -0.752. The van der Waals surface area contributed by atoms with Crippen molar-refractivity contribution in [2.45, 2.75) is 12.1 Å². The standard InChI is InChI=1S/C12H10N2O2/c15-11-7-8(12(16)14-11)10-6-4-2-1-3-5(6)9(7)13-10/h1-4,7-10,13H,(H,14,15,16)/p+1/t7-,8+,9+,10-. The summed E-state index contributed by atoms with van der Waals surface area (Å²) in [4.78, 5) is 23.4. The van der Waals surface area contributed by atoms with Gasteiger partial charge in [0.05, 0.1) is 0 Å². The molecule has 0 radical (unpaired) electrons. The first-order valence-corrected chi connectivity index (χ1v) is 5.56. The highest BCUT2D eigenvalue weighted by Crippen LogP contribution is 2.48. The van der Waals surface area contributed by atoms with Crippen molar-refractivity contribution in [1.29, 1.82) is 0 Å². The summed E-state index contributed by atoms with van der Waals surface area (Å²) < 4.78 is 0. The number of carbonyl (C=O) groups is 2. The topological polar surface area (TPSA) is 62.8 Å². The fraction of sp³-hybridized carbons (Fsp3) is 0.333. The van der Waals surface area contributed by atoms with E-state index in [2.05, 4.69) is 22.8 Å². The van der Waals surface area contributed by atoms with E-state index in [0.717, 1.165) is 0 Å². The van der Waals surface area contributed by atoms with E-state index >= 15 is 0 Å². The normalized spacial score (nSPS) is 38.5. The first-order chi connectivity index (χ1) is 7.77. The highest BCUT2D eigenvalue weighted by molar-refractivity contribution is 6.06. The molecule has 3 N–H and O–H groups in total. The molecule has 1 aromatic carbocycles. The Kier molecular flexibility index (Phi) is 1.33. The molecule has 0 spiro atoms. The summed E-state index contributed by atoms with van der Waals surface area (Å²) in [6, 6.07) is 8.44. The molecule has 0 unspecified atom stereocenters. The number of hydrogen-bond acceptors (Lipinski definition) is 2. The Labute approximate surface area is 92.0 Å². The van der Waals surface area contributed by atoms with E-state index < -0.39 is 0 Å². The summed E-state index contributed by atoms with van der Waals surface area (Å²) in [5, 5.41) is 4.63. The first-order valence-electron chi connectivity index (χ1n) is 5.56. The fourth-order valence-corrected chi connectivity index (χ4v) is 3.56. The zero-order valence-corrected chi connectivity index (χ0v) is 8.51. The van der Waals surface area contributed by atoms with Gasteiger partial charge in [-0.25, -0.2) is 0 Å². The van der Waals surface area contributed by atoms with Crippen LogP contribution >= 0.6 is 0 Å². The highest BCUT2D eigenvalue weighted by Gasteiger charge is 2.63. The van der Waals surface area contributed by atoms with Crippen molar-refractivity contribution in [2.24, 2.45) is 11.8 Å². The maximum atomic E-state index is 11.7. The molecule has 0 aromatic heterocycles. The minimum absolute atomic E-state index is 0.0896. The van der Waals surface area contributed by atoms with Crippen LogP contribution in [-0.4, -0.2) is 11.8 Å². The Morgan fingerprint density at radius 1 is 0.938 bits per heavy atom. The fourth-order valence-electron chi connectivity index (χ4n) is 3.56. The van der Waals surface area contributed by atoms with E-state index in [1.807, 2.05) is 12.1 Å². The third-order valence-electron chi connectivity index (χ3n) is 4.14. The number of imide groups is 1. The van der Waals surface area contributed by atoms with Gasteiger partial charge in [-0.2, -0.15) is 0 Å². The molecule has 4 nitrogen and oxygen atoms in total. The van der Waals surface area contributed by atoms with E-state index in [4.69, 9.17) is 0 Å². The van der Waals surface area contributed by atoms with E-state index in [-0.39, 0.29) is 35.7 Å². The molecule has 2 amide bonds. The van der Waals surface area contributed by atoms with E-state index in [0.29, 0.717) is 0 Å². The molecule has 3 heterocycles. The molecule has 80 valence electrons. The van der Waals surface area contributed by atoms with Gasteiger partial charge in [-0.1, -0.05) is 24.3 Å². The lowest BCUT2D eigenvalue weighted by Crippen LogP contribution is -2.81. The van der Waals surface area contributed by atoms with Crippen LogP contribution < -0.4 is 10.6 Å². The Morgan fingerprint density at radius 3 is 1.94 bits per heavy atom. The van der Waals surface area contributed by atoms with Crippen molar-refractivity contribution in [3.8, 4) is 0 Å². The van der Waals surface area contributed by atoms with Crippen LogP contribution in [0.25, 0.3) is 0 Å². The quantitative estimate of drug-likeness (QED) is 0.559. The lowest BCUT2D eigenvalue weighted by molar-refractivity contribution is -0.707. The summed E-state index contributed by atoms with van der Waals surface area (Å²) in [6.07, 6.45) is 0. The molecule has 16 heavy (non-hydrogen) atoms. The van der Waals surface area contributed by atoms with Crippen molar-refractivity contribution in [3.05, 3.63) is 35.4 Å². The van der Waals surface area contributed by atoms with Gasteiger partial charge in [0.2, 0.25) is 11.8 Å². The maximum absolute atomic E-state index is 11.7. The van der Waals surface area contributed by atoms with Crippen molar-refractivity contribution in [2.75, 3.05) is 0 Å². The first kappa shape index (κ1) is 8.47. The molecule has 2 saturated heterocycles. The number of rotatable bonds is 0. The molecule has 2 fully saturated rings. The molecule has 1 aromatic rings. The largest absolute Gasteiger partial charge is 0.332 e. The Bertz CT molecular complexity index is 481. The maximum Gasteiger partial charge on any atom is 0.237 e. The van der Waals surface area contributed by atoms with Crippen LogP contribution in [0.3, 0.4) is 0 Å². The van der Waals surface area contributed by atoms with Gasteiger partial charge in [-0.3, -0.25) is 14.9 Å². The van der Waals surface area contributed by atoms with Gasteiger partial charge in [-0.05, 0) is 0 Å². The molecule has 4 rings (SSSR count). The second-order valence-corrected chi connectivity index (χ2v) is 4.78. The average molecular weight is 215 g/mol. The summed E-state index contributed by atoms with van der Waals surface area (Å²) in [5.41, 5.74) is 2.47. The number of nitrogens with one attached hydrogen (secondary N) is 1. The summed E-state index contributed by atoms with van der Waals surface area (Å²) in [5.74, 6) is -0.471. The molecular formula is C12H11N2O2+. The van der Waals surface area contributed by atoms with Gasteiger partial charge < -0.3 is 5.32 Å². The number of hydrogen-bond donors (Lipinski definition) is 2. The number of quaternary nitrogens is 1. The number of benzene rings is 1. The van der Waals surface area contributed by atoms with E-state index in [1.54, 1.807) is 0 Å². The number of amides is 2. The van der Waals surface area contributed by atoms with Gasteiger partial charge in [-0.15, -0.1) is 0 Å². The Balaban J connectivity index is 1.92. The summed E-state index contributed by atoms with van der Waals surface area (Å²) in [6.45, 7) is 0. The summed E-state index contributed by atoms with van der Waals surface area (Å²) in [7, 11) is 0. The van der Waals surface area contributed by atoms with Crippen LogP contribution in [0.4, 0.5) is 0 Å². The van der Waals surface area contributed by atoms with Gasteiger partial charge in [0.25, 0.3) is 0 Å². The molecule has 3 aliphatic heterocycles. The van der Waals surface area contributed by atoms with Gasteiger partial charge in [0.1, 0.15) is 23.9 Å². The zero-order chi connectivity index (χ0) is 10.9. The Morgan fingerprint density at radius 2 is 1.44 bits per heavy atom. The number of carbonyl (C=O) groups excluding carboxylic acids is 2. The SMILES string of the molecule is O=C1NC(=O)[C@H]2[C@@H]1[C@H]1[NH2+][C@@H]2c2ccccc21. The van der Waals surface area contributed by atoms with Gasteiger partial charge in [0.15, 0.2) is 0 Å². The van der Waals surface area contributed by atoms with Crippen molar-refractivity contribution in [3.63, 3.8) is 0 Å². The minimum Gasteiger partial charge on any atom is -0.332 e. The van der Waals surface area contributed by atoms with Crippen LogP contribution in [0.15, 0.2) is 24.3 Å². The third-order valence-corrected chi connectivity index (χ3v) is 4.14. The lowest BCUT2D eigenvalue weighted by atomic mass is 9.77. The van der Waals surface area contributed by atoms with Crippen LogP contribution in [0.5, 0.6) is 0 Å². The van der Waals surface area contributed by atoms with Crippen LogP contribution in [0, 0.1) is 11.8 Å². The zero-order valence-electron chi connectivity index (χ0n) is 8.51. The Hall–Kier alpha value is -1.68. The van der Waals surface area contributed by atoms with Gasteiger partial charge in [0, 0.05) is 11.1 Å². The van der Waals surface area contributed by atoms with Crippen molar-refractivity contribution >= 4 is 11.8 Å². The number of nitrogens with two attached hydrogens (primary N) is 1. The summed E-state index contributed by atoms with van der Waals surface area (Å²) >= 11 is 0. The smallest absolute Gasteiger partial charge is 0.237 e. The monoisotopic (exact) mass is 215 g/mol. The third kappa shape index (κ3) is 0.769. The van der Waals surface area contributed by atoms with E-state index in [9.17, 15) is 9.59 Å². The minimum atomic E-state index is -0.146. The molecule has 0 saturated carbocycles.